The van der Waals surface area contributed by atoms with Gasteiger partial charge in [0.25, 0.3) is 0 Å². The molecule has 2 aliphatic carbocycles. The fourth-order valence-electron chi connectivity index (χ4n) is 2.92. The molecule has 2 aliphatic rings. The summed E-state index contributed by atoms with van der Waals surface area (Å²) < 4.78 is 0. The Morgan fingerprint density at radius 3 is 2.76 bits per heavy atom. The quantitative estimate of drug-likeness (QED) is 0.797. The average Bonchev–Trinajstić information content (AvgIpc) is 3.07. The smallest absolute Gasteiger partial charge is 0.404 e. The molecule has 21 heavy (non-hydrogen) atoms. The van der Waals surface area contributed by atoms with E-state index in [2.05, 4.69) is 15.6 Å². The highest BCUT2D eigenvalue weighted by molar-refractivity contribution is 7.15. The maximum Gasteiger partial charge on any atom is 0.404 e. The molecule has 0 aliphatic heterocycles. The van der Waals surface area contributed by atoms with E-state index in [1.54, 1.807) is 11.3 Å². The zero-order valence-corrected chi connectivity index (χ0v) is 12.5. The highest BCUT2D eigenvalue weighted by Gasteiger charge is 2.44. The minimum absolute atomic E-state index is 0.140. The third-order valence-corrected chi connectivity index (χ3v) is 5.27. The number of thiazole rings is 1. The van der Waals surface area contributed by atoms with E-state index < -0.39 is 6.09 Å². The highest BCUT2D eigenvalue weighted by Crippen LogP contribution is 2.37. The topological polar surface area (TPSA) is 91.3 Å². The summed E-state index contributed by atoms with van der Waals surface area (Å²) in [6, 6.07) is -0.250. The second-order valence-corrected chi connectivity index (χ2v) is 6.85. The van der Waals surface area contributed by atoms with Crippen molar-refractivity contribution in [2.45, 2.75) is 50.5 Å². The molecule has 3 rings (SSSR count). The summed E-state index contributed by atoms with van der Waals surface area (Å²) in [4.78, 5) is 28.0. The molecular weight excluding hydrogens is 290 g/mol. The standard InChI is InChI=1S/C14H19N3O3S/c18-12(9-6-10(9)16-14(19)20)17-13-15-7-11(21-13)8-4-2-1-3-5-8/h7-10,16H,1-6H2,(H,19,20)(H,15,17,18). The van der Waals surface area contributed by atoms with Crippen molar-refractivity contribution in [2.75, 3.05) is 5.32 Å². The lowest BCUT2D eigenvalue weighted by Gasteiger charge is -2.19. The largest absolute Gasteiger partial charge is 0.465 e. The van der Waals surface area contributed by atoms with E-state index in [0.29, 0.717) is 17.5 Å². The Morgan fingerprint density at radius 1 is 1.29 bits per heavy atom. The molecule has 1 heterocycles. The van der Waals surface area contributed by atoms with Crippen LogP contribution in [-0.2, 0) is 4.79 Å². The maximum atomic E-state index is 12.0. The molecule has 2 fully saturated rings. The minimum atomic E-state index is -1.08. The Morgan fingerprint density at radius 2 is 2.05 bits per heavy atom. The number of anilines is 1. The van der Waals surface area contributed by atoms with Crippen LogP contribution in [0.25, 0.3) is 0 Å². The first-order valence-electron chi connectivity index (χ1n) is 7.39. The number of hydrogen-bond acceptors (Lipinski definition) is 4. The first-order valence-corrected chi connectivity index (χ1v) is 8.21. The van der Waals surface area contributed by atoms with Crippen molar-refractivity contribution in [3.05, 3.63) is 11.1 Å². The van der Waals surface area contributed by atoms with Crippen LogP contribution >= 0.6 is 11.3 Å². The van der Waals surface area contributed by atoms with Gasteiger partial charge in [-0.1, -0.05) is 19.3 Å². The Bertz CT molecular complexity index is 539. The number of carbonyl (C=O) groups is 2. The summed E-state index contributed by atoms with van der Waals surface area (Å²) in [5, 5.41) is 14.4. The van der Waals surface area contributed by atoms with Gasteiger partial charge in [0.2, 0.25) is 5.91 Å². The lowest BCUT2D eigenvalue weighted by Crippen LogP contribution is -2.27. The Labute approximate surface area is 127 Å². The van der Waals surface area contributed by atoms with Crippen molar-refractivity contribution in [3.8, 4) is 0 Å². The lowest BCUT2D eigenvalue weighted by atomic mass is 9.89. The second-order valence-electron chi connectivity index (χ2n) is 5.79. The fourth-order valence-corrected chi connectivity index (χ4v) is 3.91. The molecule has 2 amide bonds. The fraction of sp³-hybridized carbons (Fsp3) is 0.643. The summed E-state index contributed by atoms with van der Waals surface area (Å²) >= 11 is 1.55. The molecule has 0 bridgehead atoms. The SMILES string of the molecule is O=C(O)NC1CC1C(=O)Nc1ncc(C2CCCCC2)s1. The molecule has 0 radical (unpaired) electrons. The number of amides is 2. The van der Waals surface area contributed by atoms with Gasteiger partial charge in [0, 0.05) is 17.1 Å². The van der Waals surface area contributed by atoms with Crippen LogP contribution in [0.3, 0.4) is 0 Å². The summed E-state index contributed by atoms with van der Waals surface area (Å²) in [6.45, 7) is 0. The number of aromatic nitrogens is 1. The maximum absolute atomic E-state index is 12.0. The number of carboxylic acid groups (broad SMARTS) is 1. The molecule has 0 aromatic carbocycles. The summed E-state index contributed by atoms with van der Waals surface area (Å²) in [5.74, 6) is 0.186. The molecule has 0 saturated heterocycles. The van der Waals surface area contributed by atoms with E-state index in [-0.39, 0.29) is 17.9 Å². The van der Waals surface area contributed by atoms with Gasteiger partial charge in [-0.2, -0.15) is 0 Å². The van der Waals surface area contributed by atoms with E-state index in [1.165, 1.54) is 37.0 Å². The van der Waals surface area contributed by atoms with Crippen LogP contribution in [0.4, 0.5) is 9.93 Å². The third-order valence-electron chi connectivity index (χ3n) is 4.20. The lowest BCUT2D eigenvalue weighted by molar-refractivity contribution is -0.117. The Kier molecular flexibility index (Phi) is 4.10. The van der Waals surface area contributed by atoms with Gasteiger partial charge >= 0.3 is 6.09 Å². The van der Waals surface area contributed by atoms with Gasteiger partial charge in [-0.05, 0) is 25.2 Å². The van der Waals surface area contributed by atoms with Gasteiger partial charge in [-0.3, -0.25) is 4.79 Å². The van der Waals surface area contributed by atoms with E-state index in [1.807, 2.05) is 6.20 Å². The molecule has 2 atom stereocenters. The van der Waals surface area contributed by atoms with Crippen molar-refractivity contribution in [2.24, 2.45) is 5.92 Å². The van der Waals surface area contributed by atoms with E-state index in [0.717, 1.165) is 0 Å². The summed E-state index contributed by atoms with van der Waals surface area (Å²) in [7, 11) is 0. The first-order chi connectivity index (χ1) is 10.1. The number of nitrogens with one attached hydrogen (secondary N) is 2. The van der Waals surface area contributed by atoms with Crippen molar-refractivity contribution in [1.29, 1.82) is 0 Å². The summed E-state index contributed by atoms with van der Waals surface area (Å²) in [6.07, 6.45) is 7.65. The van der Waals surface area contributed by atoms with Gasteiger partial charge in [0.05, 0.1) is 5.92 Å². The normalized spacial score (nSPS) is 25.3. The van der Waals surface area contributed by atoms with Crippen LogP contribution in [0, 0.1) is 5.92 Å². The molecule has 2 saturated carbocycles. The van der Waals surface area contributed by atoms with Crippen molar-refractivity contribution in [3.63, 3.8) is 0 Å². The van der Waals surface area contributed by atoms with E-state index in [4.69, 9.17) is 5.11 Å². The van der Waals surface area contributed by atoms with Gasteiger partial charge in [-0.25, -0.2) is 9.78 Å². The predicted octanol–water partition coefficient (Wildman–Crippen LogP) is 2.79. The molecule has 2 unspecified atom stereocenters. The average molecular weight is 309 g/mol. The van der Waals surface area contributed by atoms with E-state index in [9.17, 15) is 9.59 Å². The number of rotatable bonds is 4. The van der Waals surface area contributed by atoms with E-state index >= 15 is 0 Å². The molecule has 114 valence electrons. The van der Waals surface area contributed by atoms with Gasteiger partial charge in [0.1, 0.15) is 0 Å². The molecule has 6 nitrogen and oxygen atoms in total. The molecule has 1 aromatic rings. The molecule has 0 spiro atoms. The van der Waals surface area contributed by atoms with Gasteiger partial charge in [0.15, 0.2) is 5.13 Å². The highest BCUT2D eigenvalue weighted by atomic mass is 32.1. The number of hydrogen-bond donors (Lipinski definition) is 3. The van der Waals surface area contributed by atoms with Crippen LogP contribution < -0.4 is 10.6 Å². The van der Waals surface area contributed by atoms with Gasteiger partial charge in [-0.15, -0.1) is 11.3 Å². The molecule has 1 aromatic heterocycles. The zero-order chi connectivity index (χ0) is 14.8. The monoisotopic (exact) mass is 309 g/mol. The van der Waals surface area contributed by atoms with Crippen LogP contribution in [0.1, 0.15) is 49.3 Å². The van der Waals surface area contributed by atoms with Crippen LogP contribution in [-0.4, -0.2) is 28.1 Å². The molecule has 7 heteroatoms. The Balaban J connectivity index is 1.53. The van der Waals surface area contributed by atoms with Crippen LogP contribution in [0.5, 0.6) is 0 Å². The zero-order valence-electron chi connectivity index (χ0n) is 11.7. The third kappa shape index (κ3) is 3.53. The van der Waals surface area contributed by atoms with Crippen molar-refractivity contribution >= 4 is 28.5 Å². The van der Waals surface area contributed by atoms with Crippen molar-refractivity contribution in [1.82, 2.24) is 10.3 Å². The predicted molar refractivity (Wildman–Crippen MR) is 79.6 cm³/mol. The summed E-state index contributed by atoms with van der Waals surface area (Å²) in [5.41, 5.74) is 0. The number of nitrogens with zero attached hydrogens (tertiary/aromatic N) is 1. The van der Waals surface area contributed by atoms with Crippen LogP contribution in [0.15, 0.2) is 6.20 Å². The second kappa shape index (κ2) is 6.01. The molecular formula is C14H19N3O3S. The molecule has 3 N–H and O–H groups in total. The Hall–Kier alpha value is -1.63. The minimum Gasteiger partial charge on any atom is -0.465 e. The van der Waals surface area contributed by atoms with Gasteiger partial charge < -0.3 is 15.7 Å². The number of carbonyl (C=O) groups excluding carboxylic acids is 1. The first kappa shape index (κ1) is 14.3. The van der Waals surface area contributed by atoms with Crippen LogP contribution in [0.2, 0.25) is 0 Å². The van der Waals surface area contributed by atoms with Crippen molar-refractivity contribution < 1.29 is 14.7 Å².